The fraction of sp³-hybridized carbons (Fsp3) is 0.533. The molecule has 5 heteroatoms. The standard InChI is InChI=1S/C15H23NO3S/c1-13(2)11-16-15(17)12-20(18,19)10-6-9-14-7-4-3-5-8-14/h3-5,7-8,13H,6,9-12H2,1-2H3,(H,16,17). The summed E-state index contributed by atoms with van der Waals surface area (Å²) in [7, 11) is -3.31. The summed E-state index contributed by atoms with van der Waals surface area (Å²) in [4.78, 5) is 11.5. The minimum atomic E-state index is -3.31. The maximum atomic E-state index is 11.8. The Balaban J connectivity index is 2.32. The van der Waals surface area contributed by atoms with Gasteiger partial charge in [-0.15, -0.1) is 0 Å². The molecule has 0 aliphatic heterocycles. The van der Waals surface area contributed by atoms with Crippen LogP contribution in [0.5, 0.6) is 0 Å². The molecule has 0 radical (unpaired) electrons. The first kappa shape index (κ1) is 16.7. The van der Waals surface area contributed by atoms with Gasteiger partial charge in [-0.25, -0.2) is 8.42 Å². The van der Waals surface area contributed by atoms with Gasteiger partial charge in [0.25, 0.3) is 0 Å². The predicted octanol–water partition coefficient (Wildman–Crippen LogP) is 1.81. The molecule has 0 bridgehead atoms. The summed E-state index contributed by atoms with van der Waals surface area (Å²) in [6.07, 6.45) is 1.26. The van der Waals surface area contributed by atoms with Crippen molar-refractivity contribution in [3.63, 3.8) is 0 Å². The lowest BCUT2D eigenvalue weighted by Gasteiger charge is -2.08. The Bertz CT molecular complexity index is 509. The van der Waals surface area contributed by atoms with E-state index in [2.05, 4.69) is 5.32 Å². The zero-order chi connectivity index (χ0) is 15.0. The van der Waals surface area contributed by atoms with Gasteiger partial charge in [-0.05, 0) is 24.3 Å². The van der Waals surface area contributed by atoms with Crippen LogP contribution in [0.15, 0.2) is 30.3 Å². The number of aryl methyl sites for hydroxylation is 1. The van der Waals surface area contributed by atoms with E-state index in [0.717, 1.165) is 5.56 Å². The second kappa shape index (κ2) is 8.04. The van der Waals surface area contributed by atoms with Crippen LogP contribution in [0, 0.1) is 5.92 Å². The fourth-order valence-corrected chi connectivity index (χ4v) is 3.01. The summed E-state index contributed by atoms with van der Waals surface area (Å²) < 4.78 is 23.6. The molecule has 1 aromatic carbocycles. The number of amides is 1. The van der Waals surface area contributed by atoms with Gasteiger partial charge in [0.1, 0.15) is 5.75 Å². The van der Waals surface area contributed by atoms with Gasteiger partial charge >= 0.3 is 0 Å². The molecule has 0 saturated carbocycles. The Labute approximate surface area is 121 Å². The molecule has 1 amide bonds. The lowest BCUT2D eigenvalue weighted by Crippen LogP contribution is -2.33. The summed E-state index contributed by atoms with van der Waals surface area (Å²) in [6.45, 7) is 4.45. The molecule has 0 heterocycles. The van der Waals surface area contributed by atoms with Gasteiger partial charge in [0.05, 0.1) is 5.75 Å². The first-order chi connectivity index (χ1) is 9.39. The van der Waals surface area contributed by atoms with Crippen molar-refractivity contribution in [2.24, 2.45) is 5.92 Å². The van der Waals surface area contributed by atoms with E-state index in [1.54, 1.807) is 0 Å². The van der Waals surface area contributed by atoms with E-state index in [0.29, 0.717) is 25.3 Å². The molecule has 0 aromatic heterocycles. The molecule has 0 atom stereocenters. The molecular weight excluding hydrogens is 274 g/mol. The molecule has 112 valence electrons. The Morgan fingerprint density at radius 3 is 2.45 bits per heavy atom. The van der Waals surface area contributed by atoms with E-state index in [1.165, 1.54) is 0 Å². The summed E-state index contributed by atoms with van der Waals surface area (Å²) in [5.74, 6) is -0.441. The maximum absolute atomic E-state index is 11.8. The topological polar surface area (TPSA) is 63.2 Å². The van der Waals surface area contributed by atoms with Gasteiger partial charge in [0.15, 0.2) is 9.84 Å². The average molecular weight is 297 g/mol. The molecule has 4 nitrogen and oxygen atoms in total. The largest absolute Gasteiger partial charge is 0.355 e. The minimum Gasteiger partial charge on any atom is -0.355 e. The molecule has 1 rings (SSSR count). The van der Waals surface area contributed by atoms with E-state index in [-0.39, 0.29) is 5.75 Å². The van der Waals surface area contributed by atoms with Gasteiger partial charge < -0.3 is 5.32 Å². The number of carbonyl (C=O) groups is 1. The van der Waals surface area contributed by atoms with Crippen LogP contribution in [0.1, 0.15) is 25.8 Å². The zero-order valence-corrected chi connectivity index (χ0v) is 12.9. The van der Waals surface area contributed by atoms with Crippen molar-refractivity contribution in [3.05, 3.63) is 35.9 Å². The van der Waals surface area contributed by atoms with Crippen LogP contribution in [0.2, 0.25) is 0 Å². The van der Waals surface area contributed by atoms with Crippen LogP contribution in [0.4, 0.5) is 0 Å². The average Bonchev–Trinajstić information content (AvgIpc) is 2.37. The number of benzene rings is 1. The van der Waals surface area contributed by atoms with Crippen LogP contribution < -0.4 is 5.32 Å². The van der Waals surface area contributed by atoms with E-state index in [9.17, 15) is 13.2 Å². The van der Waals surface area contributed by atoms with Crippen molar-refractivity contribution in [2.45, 2.75) is 26.7 Å². The second-order valence-corrected chi connectivity index (χ2v) is 7.56. The van der Waals surface area contributed by atoms with Gasteiger partial charge in [0.2, 0.25) is 5.91 Å². The number of hydrogen-bond acceptors (Lipinski definition) is 3. The Kier molecular flexibility index (Phi) is 6.71. The molecule has 1 N–H and O–H groups in total. The van der Waals surface area contributed by atoms with Gasteiger partial charge in [-0.1, -0.05) is 44.2 Å². The lowest BCUT2D eigenvalue weighted by molar-refractivity contribution is -0.118. The number of sulfone groups is 1. The molecule has 0 aliphatic carbocycles. The predicted molar refractivity (Wildman–Crippen MR) is 81.3 cm³/mol. The highest BCUT2D eigenvalue weighted by Crippen LogP contribution is 2.04. The highest BCUT2D eigenvalue weighted by atomic mass is 32.2. The van der Waals surface area contributed by atoms with Crippen LogP contribution >= 0.6 is 0 Å². The fourth-order valence-electron chi connectivity index (χ4n) is 1.78. The van der Waals surface area contributed by atoms with Crippen molar-refractivity contribution in [1.29, 1.82) is 0 Å². The van der Waals surface area contributed by atoms with Gasteiger partial charge in [0, 0.05) is 6.54 Å². The maximum Gasteiger partial charge on any atom is 0.235 e. The normalized spacial score (nSPS) is 11.6. The molecule has 0 unspecified atom stereocenters. The molecule has 1 aromatic rings. The first-order valence-electron chi connectivity index (χ1n) is 6.90. The molecular formula is C15H23NO3S. The third kappa shape index (κ3) is 7.28. The number of carbonyl (C=O) groups excluding carboxylic acids is 1. The van der Waals surface area contributed by atoms with E-state index < -0.39 is 21.5 Å². The molecule has 0 saturated heterocycles. The van der Waals surface area contributed by atoms with Gasteiger partial charge in [-0.2, -0.15) is 0 Å². The second-order valence-electron chi connectivity index (χ2n) is 5.38. The summed E-state index contributed by atoms with van der Waals surface area (Å²) >= 11 is 0. The highest BCUT2D eigenvalue weighted by Gasteiger charge is 2.16. The summed E-state index contributed by atoms with van der Waals surface area (Å²) in [5, 5.41) is 2.63. The van der Waals surface area contributed by atoms with Crippen molar-refractivity contribution in [1.82, 2.24) is 5.32 Å². The third-order valence-electron chi connectivity index (χ3n) is 2.82. The molecule has 0 aliphatic rings. The SMILES string of the molecule is CC(C)CNC(=O)CS(=O)(=O)CCCc1ccccc1. The highest BCUT2D eigenvalue weighted by molar-refractivity contribution is 7.92. The third-order valence-corrected chi connectivity index (χ3v) is 4.43. The monoisotopic (exact) mass is 297 g/mol. The Hall–Kier alpha value is -1.36. The quantitative estimate of drug-likeness (QED) is 0.796. The number of nitrogens with one attached hydrogen (secondary N) is 1. The Morgan fingerprint density at radius 1 is 1.20 bits per heavy atom. The van der Waals surface area contributed by atoms with Crippen LogP contribution in [-0.4, -0.2) is 32.4 Å². The minimum absolute atomic E-state index is 0.0526. The van der Waals surface area contributed by atoms with Crippen molar-refractivity contribution >= 4 is 15.7 Å². The lowest BCUT2D eigenvalue weighted by atomic mass is 10.1. The number of hydrogen-bond donors (Lipinski definition) is 1. The smallest absolute Gasteiger partial charge is 0.235 e. The van der Waals surface area contributed by atoms with Crippen molar-refractivity contribution < 1.29 is 13.2 Å². The molecule has 20 heavy (non-hydrogen) atoms. The molecule has 0 spiro atoms. The van der Waals surface area contributed by atoms with E-state index >= 15 is 0 Å². The van der Waals surface area contributed by atoms with Crippen LogP contribution in [0.3, 0.4) is 0 Å². The van der Waals surface area contributed by atoms with Gasteiger partial charge in [-0.3, -0.25) is 4.79 Å². The van der Waals surface area contributed by atoms with Crippen LogP contribution in [0.25, 0.3) is 0 Å². The van der Waals surface area contributed by atoms with E-state index in [1.807, 2.05) is 44.2 Å². The van der Waals surface area contributed by atoms with Crippen LogP contribution in [-0.2, 0) is 21.1 Å². The zero-order valence-electron chi connectivity index (χ0n) is 12.1. The van der Waals surface area contributed by atoms with E-state index in [4.69, 9.17) is 0 Å². The first-order valence-corrected chi connectivity index (χ1v) is 8.72. The number of rotatable bonds is 8. The van der Waals surface area contributed by atoms with Crippen molar-refractivity contribution in [2.75, 3.05) is 18.1 Å². The molecule has 0 fully saturated rings. The summed E-state index contributed by atoms with van der Waals surface area (Å²) in [6, 6.07) is 9.75. The summed E-state index contributed by atoms with van der Waals surface area (Å²) in [5.41, 5.74) is 1.12. The Morgan fingerprint density at radius 2 is 1.85 bits per heavy atom. The van der Waals surface area contributed by atoms with Crippen molar-refractivity contribution in [3.8, 4) is 0 Å².